The lowest BCUT2D eigenvalue weighted by Gasteiger charge is -2.18. The maximum atomic E-state index is 13.0. The van der Waals surface area contributed by atoms with E-state index in [9.17, 15) is 21.9 Å². The minimum atomic E-state index is -4.73. The molecule has 0 saturated carbocycles. The highest BCUT2D eigenvalue weighted by atomic mass is 32.3. The molecule has 1 N–H and O–H groups in total. The molecule has 1 atom stereocenters. The molecular formula is C13H15FN2O4S. The van der Waals surface area contributed by atoms with Gasteiger partial charge in [-0.1, -0.05) is 0 Å². The normalized spacial score (nSPS) is 18.9. The molecule has 1 aromatic carbocycles. The predicted molar refractivity (Wildman–Crippen MR) is 76.3 cm³/mol. The summed E-state index contributed by atoms with van der Waals surface area (Å²) in [6.07, 6.45) is -0.356. The molecule has 1 saturated heterocycles. The van der Waals surface area contributed by atoms with Gasteiger partial charge in [0.25, 0.3) is 0 Å². The van der Waals surface area contributed by atoms with Gasteiger partial charge >= 0.3 is 10.2 Å². The fourth-order valence-electron chi connectivity index (χ4n) is 2.26. The van der Waals surface area contributed by atoms with E-state index in [2.05, 4.69) is 5.32 Å². The van der Waals surface area contributed by atoms with Gasteiger partial charge in [-0.15, -0.1) is 3.89 Å². The number of amides is 2. The fraction of sp³-hybridized carbons (Fsp3) is 0.385. The van der Waals surface area contributed by atoms with Crippen molar-refractivity contribution in [2.24, 2.45) is 0 Å². The Hall–Kier alpha value is -1.96. The van der Waals surface area contributed by atoms with Crippen LogP contribution in [0.3, 0.4) is 0 Å². The molecule has 1 fully saturated rings. The summed E-state index contributed by atoms with van der Waals surface area (Å²) in [7, 11) is -4.73. The summed E-state index contributed by atoms with van der Waals surface area (Å²) in [5, 5.41) is 1.32. The quantitative estimate of drug-likeness (QED) is 0.854. The molecular weight excluding hydrogens is 299 g/mol. The van der Waals surface area contributed by atoms with Gasteiger partial charge in [0.2, 0.25) is 11.8 Å². The second-order valence-corrected chi connectivity index (χ2v) is 6.60. The zero-order valence-electron chi connectivity index (χ0n) is 11.6. The highest BCUT2D eigenvalue weighted by Gasteiger charge is 2.39. The summed E-state index contributed by atoms with van der Waals surface area (Å²) in [6.45, 7) is 2.93. The third-order valence-electron chi connectivity index (χ3n) is 3.32. The van der Waals surface area contributed by atoms with Crippen LogP contribution in [0.4, 0.5) is 15.3 Å². The zero-order valence-corrected chi connectivity index (χ0v) is 12.4. The minimum Gasteiger partial charge on any atom is -0.326 e. The summed E-state index contributed by atoms with van der Waals surface area (Å²) in [6, 6.07) is 4.86. The molecule has 21 heavy (non-hydrogen) atoms. The van der Waals surface area contributed by atoms with Crippen LogP contribution < -0.4 is 10.2 Å². The lowest BCUT2D eigenvalue weighted by atomic mass is 10.1. The Kier molecular flexibility index (Phi) is 3.99. The summed E-state index contributed by atoms with van der Waals surface area (Å²) >= 11 is 0. The molecule has 1 heterocycles. The Balaban J connectivity index is 2.25. The van der Waals surface area contributed by atoms with Crippen LogP contribution >= 0.6 is 0 Å². The SMILES string of the molecule is CC(=O)Nc1ccc(N2CC(S(=O)(=O)F)CC2=O)cc1C. The molecule has 0 bridgehead atoms. The van der Waals surface area contributed by atoms with E-state index in [1.54, 1.807) is 25.1 Å². The number of hydrogen-bond acceptors (Lipinski definition) is 4. The molecule has 8 heteroatoms. The van der Waals surface area contributed by atoms with Crippen LogP contribution in [0, 0.1) is 6.92 Å². The van der Waals surface area contributed by atoms with Gasteiger partial charge in [0.15, 0.2) is 0 Å². The third-order valence-corrected chi connectivity index (χ3v) is 4.43. The van der Waals surface area contributed by atoms with Gasteiger partial charge in [-0.2, -0.15) is 8.42 Å². The van der Waals surface area contributed by atoms with Crippen LogP contribution in [-0.2, 0) is 19.8 Å². The number of hydrogen-bond donors (Lipinski definition) is 1. The van der Waals surface area contributed by atoms with Crippen molar-refractivity contribution in [3.05, 3.63) is 23.8 Å². The van der Waals surface area contributed by atoms with E-state index in [4.69, 9.17) is 0 Å². The standard InChI is InChI=1S/C13H15FN2O4S/c1-8-5-10(3-4-12(8)15-9(2)17)16-7-11(6-13(16)18)21(14,19)20/h3-5,11H,6-7H2,1-2H3,(H,15,17). The van der Waals surface area contributed by atoms with Crippen LogP contribution in [0.15, 0.2) is 18.2 Å². The number of nitrogens with one attached hydrogen (secondary N) is 1. The Morgan fingerprint density at radius 3 is 2.57 bits per heavy atom. The average Bonchev–Trinajstić information content (AvgIpc) is 2.73. The van der Waals surface area contributed by atoms with Crippen molar-refractivity contribution < 1.29 is 21.9 Å². The van der Waals surface area contributed by atoms with Gasteiger partial charge in [0.1, 0.15) is 5.25 Å². The minimum absolute atomic E-state index is 0.198. The molecule has 1 unspecified atom stereocenters. The number of carbonyl (C=O) groups is 2. The number of carbonyl (C=O) groups excluding carboxylic acids is 2. The van der Waals surface area contributed by atoms with E-state index in [1.807, 2.05) is 0 Å². The molecule has 1 aliphatic heterocycles. The van der Waals surface area contributed by atoms with Crippen molar-refractivity contribution in [2.75, 3.05) is 16.8 Å². The second kappa shape index (κ2) is 5.44. The van der Waals surface area contributed by atoms with Gasteiger partial charge in [-0.3, -0.25) is 9.59 Å². The Morgan fingerprint density at radius 1 is 1.43 bits per heavy atom. The summed E-state index contributed by atoms with van der Waals surface area (Å²) < 4.78 is 34.8. The topological polar surface area (TPSA) is 83.6 Å². The van der Waals surface area contributed by atoms with E-state index in [1.165, 1.54) is 11.8 Å². The lowest BCUT2D eigenvalue weighted by molar-refractivity contribution is -0.117. The van der Waals surface area contributed by atoms with Gasteiger partial charge < -0.3 is 10.2 Å². The molecule has 2 amide bonds. The highest BCUT2D eigenvalue weighted by Crippen LogP contribution is 2.28. The first kappa shape index (κ1) is 15.4. The molecule has 0 spiro atoms. The number of rotatable bonds is 3. The first-order chi connectivity index (χ1) is 9.68. The smallest absolute Gasteiger partial charge is 0.307 e. The molecule has 114 valence electrons. The van der Waals surface area contributed by atoms with Crippen LogP contribution in [0.5, 0.6) is 0 Å². The van der Waals surface area contributed by atoms with E-state index in [0.29, 0.717) is 11.4 Å². The van der Waals surface area contributed by atoms with Crippen molar-refractivity contribution in [2.45, 2.75) is 25.5 Å². The van der Waals surface area contributed by atoms with Crippen molar-refractivity contribution in [3.63, 3.8) is 0 Å². The van der Waals surface area contributed by atoms with Crippen molar-refractivity contribution in [3.8, 4) is 0 Å². The summed E-state index contributed by atoms with van der Waals surface area (Å²) in [5.41, 5.74) is 1.81. The summed E-state index contributed by atoms with van der Waals surface area (Å²) in [5.74, 6) is -0.653. The van der Waals surface area contributed by atoms with Crippen molar-refractivity contribution in [1.82, 2.24) is 0 Å². The summed E-state index contributed by atoms with van der Waals surface area (Å²) in [4.78, 5) is 24.1. The largest absolute Gasteiger partial charge is 0.326 e. The van der Waals surface area contributed by atoms with Gasteiger partial charge in [-0.05, 0) is 30.7 Å². The van der Waals surface area contributed by atoms with Crippen LogP contribution in [0.2, 0.25) is 0 Å². The maximum Gasteiger partial charge on any atom is 0.307 e. The number of anilines is 2. The Bertz CT molecular complexity index is 702. The number of benzene rings is 1. The molecule has 1 aromatic rings. The van der Waals surface area contributed by atoms with Gasteiger partial charge in [-0.25, -0.2) is 0 Å². The molecule has 2 rings (SSSR count). The first-order valence-electron chi connectivity index (χ1n) is 6.30. The number of aryl methyl sites for hydroxylation is 1. The Labute approximate surface area is 122 Å². The fourth-order valence-corrected chi connectivity index (χ4v) is 2.93. The molecule has 6 nitrogen and oxygen atoms in total. The van der Waals surface area contributed by atoms with E-state index in [0.717, 1.165) is 5.56 Å². The lowest BCUT2D eigenvalue weighted by Crippen LogP contribution is -2.27. The Morgan fingerprint density at radius 2 is 2.10 bits per heavy atom. The molecule has 1 aliphatic rings. The van der Waals surface area contributed by atoms with Crippen LogP contribution in [0.25, 0.3) is 0 Å². The second-order valence-electron chi connectivity index (χ2n) is 4.99. The van der Waals surface area contributed by atoms with Crippen molar-refractivity contribution in [1.29, 1.82) is 0 Å². The first-order valence-corrected chi connectivity index (χ1v) is 7.75. The van der Waals surface area contributed by atoms with Crippen LogP contribution in [0.1, 0.15) is 18.9 Å². The van der Waals surface area contributed by atoms with E-state index < -0.39 is 21.4 Å². The van der Waals surface area contributed by atoms with Crippen molar-refractivity contribution >= 4 is 33.4 Å². The zero-order chi connectivity index (χ0) is 15.8. The maximum absolute atomic E-state index is 13.0. The number of halogens is 1. The van der Waals surface area contributed by atoms with Gasteiger partial charge in [0.05, 0.1) is 0 Å². The van der Waals surface area contributed by atoms with E-state index >= 15 is 0 Å². The van der Waals surface area contributed by atoms with Gasteiger partial charge in [0, 0.05) is 31.3 Å². The third kappa shape index (κ3) is 3.38. The number of nitrogens with zero attached hydrogens (tertiary/aromatic N) is 1. The molecule has 0 aliphatic carbocycles. The molecule has 0 aromatic heterocycles. The monoisotopic (exact) mass is 314 g/mol. The molecule has 0 radical (unpaired) electrons. The average molecular weight is 314 g/mol. The van der Waals surface area contributed by atoms with Crippen LogP contribution in [-0.4, -0.2) is 32.0 Å². The van der Waals surface area contributed by atoms with E-state index in [-0.39, 0.29) is 18.9 Å². The predicted octanol–water partition coefficient (Wildman–Crippen LogP) is 1.36. The highest BCUT2D eigenvalue weighted by molar-refractivity contribution is 7.87.